The zero-order valence-corrected chi connectivity index (χ0v) is 14.5. The fraction of sp³-hybridized carbons (Fsp3) is 0.353. The molecule has 0 atom stereocenters. The summed E-state index contributed by atoms with van der Waals surface area (Å²) in [6.45, 7) is 8.06. The lowest BCUT2D eigenvalue weighted by atomic mass is 9.98. The van der Waals surface area contributed by atoms with Crippen molar-refractivity contribution in [2.45, 2.75) is 39.5 Å². The van der Waals surface area contributed by atoms with E-state index in [0.717, 1.165) is 16.3 Å². The molecule has 1 aromatic heterocycles. The van der Waals surface area contributed by atoms with Gasteiger partial charge in [-0.1, -0.05) is 26.8 Å². The van der Waals surface area contributed by atoms with Gasteiger partial charge in [-0.05, 0) is 24.6 Å². The summed E-state index contributed by atoms with van der Waals surface area (Å²) in [4.78, 5) is 27.7. The molecule has 1 amide bonds. The lowest BCUT2D eigenvalue weighted by Gasteiger charge is -2.13. The first kappa shape index (κ1) is 17.1. The first-order valence-corrected chi connectivity index (χ1v) is 8.13. The number of carbonyl (C=O) groups excluding carboxylic acids is 1. The third-order valence-electron chi connectivity index (χ3n) is 3.29. The van der Waals surface area contributed by atoms with Gasteiger partial charge >= 0.3 is 5.97 Å². The minimum absolute atomic E-state index is 0.0359. The minimum Gasteiger partial charge on any atom is -0.478 e. The number of hydrogen-bond donors (Lipinski definition) is 2. The number of rotatable bonds is 4. The highest BCUT2D eigenvalue weighted by molar-refractivity contribution is 7.09. The normalized spacial score (nSPS) is 11.3. The summed E-state index contributed by atoms with van der Waals surface area (Å²) in [6, 6.07) is 4.67. The van der Waals surface area contributed by atoms with Crippen LogP contribution in [0.3, 0.4) is 0 Å². The van der Waals surface area contributed by atoms with Crippen LogP contribution in [0.2, 0.25) is 0 Å². The van der Waals surface area contributed by atoms with Gasteiger partial charge in [0.05, 0.1) is 22.7 Å². The Morgan fingerprint density at radius 3 is 2.57 bits per heavy atom. The second-order valence-corrected chi connectivity index (χ2v) is 7.31. The summed E-state index contributed by atoms with van der Waals surface area (Å²) < 4.78 is 0. The van der Waals surface area contributed by atoms with Crippen LogP contribution in [0.15, 0.2) is 23.6 Å². The zero-order valence-electron chi connectivity index (χ0n) is 13.6. The predicted octanol–water partition coefficient (Wildman–Crippen LogP) is 3.63. The molecule has 1 aromatic carbocycles. The molecule has 0 unspecified atom stereocenters. The van der Waals surface area contributed by atoms with Gasteiger partial charge in [-0.15, -0.1) is 11.3 Å². The number of aromatic nitrogens is 1. The lowest BCUT2D eigenvalue weighted by molar-refractivity contribution is -0.115. The number of nitrogens with one attached hydrogen (secondary N) is 1. The van der Waals surface area contributed by atoms with Crippen LogP contribution < -0.4 is 5.32 Å². The maximum absolute atomic E-state index is 12.2. The van der Waals surface area contributed by atoms with Crippen molar-refractivity contribution in [3.05, 3.63) is 45.4 Å². The van der Waals surface area contributed by atoms with E-state index in [1.165, 1.54) is 12.1 Å². The van der Waals surface area contributed by atoms with Crippen LogP contribution in [0, 0.1) is 6.92 Å². The number of aromatic carboxylic acids is 1. The molecular formula is C17H20N2O3S. The number of benzene rings is 1. The highest BCUT2D eigenvalue weighted by Gasteiger charge is 2.19. The van der Waals surface area contributed by atoms with Gasteiger partial charge in [0, 0.05) is 16.5 Å². The van der Waals surface area contributed by atoms with E-state index in [4.69, 9.17) is 5.11 Å². The van der Waals surface area contributed by atoms with Crippen LogP contribution in [-0.4, -0.2) is 22.0 Å². The van der Waals surface area contributed by atoms with Gasteiger partial charge in [-0.2, -0.15) is 0 Å². The Morgan fingerprint density at radius 2 is 2.00 bits per heavy atom. The molecule has 5 nitrogen and oxygen atoms in total. The van der Waals surface area contributed by atoms with E-state index in [1.54, 1.807) is 17.4 Å². The topological polar surface area (TPSA) is 79.3 Å². The van der Waals surface area contributed by atoms with Gasteiger partial charge in [-0.3, -0.25) is 4.79 Å². The van der Waals surface area contributed by atoms with E-state index in [0.29, 0.717) is 5.69 Å². The van der Waals surface area contributed by atoms with Crippen LogP contribution in [-0.2, 0) is 16.6 Å². The quantitative estimate of drug-likeness (QED) is 0.896. The van der Waals surface area contributed by atoms with Gasteiger partial charge < -0.3 is 10.4 Å². The van der Waals surface area contributed by atoms with Gasteiger partial charge in [0.1, 0.15) is 0 Å². The number of carboxylic acids is 1. The van der Waals surface area contributed by atoms with E-state index in [1.807, 2.05) is 12.3 Å². The predicted molar refractivity (Wildman–Crippen MR) is 91.3 cm³/mol. The van der Waals surface area contributed by atoms with Crippen molar-refractivity contribution in [3.63, 3.8) is 0 Å². The molecule has 1 heterocycles. The maximum Gasteiger partial charge on any atom is 0.335 e. The number of hydrogen-bond acceptors (Lipinski definition) is 4. The molecule has 0 bridgehead atoms. The van der Waals surface area contributed by atoms with Crippen LogP contribution in [0.5, 0.6) is 0 Å². The van der Waals surface area contributed by atoms with E-state index in [2.05, 4.69) is 31.1 Å². The molecule has 0 radical (unpaired) electrons. The Hall–Kier alpha value is -2.21. The van der Waals surface area contributed by atoms with Crippen molar-refractivity contribution in [2.24, 2.45) is 0 Å². The van der Waals surface area contributed by atoms with Crippen LogP contribution in [0.25, 0.3) is 0 Å². The monoisotopic (exact) mass is 332 g/mol. The molecule has 0 aliphatic heterocycles. The molecule has 6 heteroatoms. The Bertz CT molecular complexity index is 745. The third-order valence-corrected chi connectivity index (χ3v) is 4.61. The number of carbonyl (C=O) groups is 2. The first-order chi connectivity index (χ1) is 10.7. The van der Waals surface area contributed by atoms with Gasteiger partial charge in [0.15, 0.2) is 0 Å². The fourth-order valence-electron chi connectivity index (χ4n) is 1.98. The number of aryl methyl sites for hydroxylation is 1. The first-order valence-electron chi connectivity index (χ1n) is 7.25. The van der Waals surface area contributed by atoms with E-state index in [-0.39, 0.29) is 23.3 Å². The van der Waals surface area contributed by atoms with Crippen LogP contribution in [0.4, 0.5) is 5.69 Å². The second-order valence-electron chi connectivity index (χ2n) is 6.45. The van der Waals surface area contributed by atoms with Crippen molar-refractivity contribution in [3.8, 4) is 0 Å². The van der Waals surface area contributed by atoms with Crippen LogP contribution >= 0.6 is 11.3 Å². The van der Waals surface area contributed by atoms with Crippen molar-refractivity contribution < 1.29 is 14.7 Å². The molecule has 2 rings (SSSR count). The Kier molecular flexibility index (Phi) is 4.85. The number of nitrogens with zero attached hydrogens (tertiary/aromatic N) is 1. The molecule has 0 fully saturated rings. The van der Waals surface area contributed by atoms with Gasteiger partial charge in [0.25, 0.3) is 0 Å². The number of thiazole rings is 1. The summed E-state index contributed by atoms with van der Waals surface area (Å²) >= 11 is 1.55. The summed E-state index contributed by atoms with van der Waals surface area (Å²) in [7, 11) is 0. The largest absolute Gasteiger partial charge is 0.478 e. The molecule has 23 heavy (non-hydrogen) atoms. The molecule has 122 valence electrons. The molecule has 0 saturated heterocycles. The highest BCUT2D eigenvalue weighted by Crippen LogP contribution is 2.26. The standard InChI is InChI=1S/C17H20N2O3S/c1-10-5-6-11(15(21)22)7-13(10)19-14(20)8-12-9-23-16(18-12)17(2,3)4/h5-7,9H,8H2,1-4H3,(H,19,20)(H,21,22). The second kappa shape index (κ2) is 6.50. The summed E-state index contributed by atoms with van der Waals surface area (Å²) in [5.74, 6) is -1.23. The molecular weight excluding hydrogens is 312 g/mol. The van der Waals surface area contributed by atoms with E-state index in [9.17, 15) is 9.59 Å². The summed E-state index contributed by atoms with van der Waals surface area (Å²) in [5, 5.41) is 14.7. The van der Waals surface area contributed by atoms with Crippen LogP contribution in [0.1, 0.15) is 47.4 Å². The molecule has 0 saturated carbocycles. The molecule has 0 spiro atoms. The maximum atomic E-state index is 12.2. The number of anilines is 1. The Morgan fingerprint density at radius 1 is 1.30 bits per heavy atom. The molecule has 2 N–H and O–H groups in total. The molecule has 0 aliphatic rings. The van der Waals surface area contributed by atoms with E-state index < -0.39 is 5.97 Å². The number of carboxylic acid groups (broad SMARTS) is 1. The lowest BCUT2D eigenvalue weighted by Crippen LogP contribution is -2.16. The van der Waals surface area contributed by atoms with E-state index >= 15 is 0 Å². The van der Waals surface area contributed by atoms with Crippen molar-refractivity contribution >= 4 is 28.9 Å². The average Bonchev–Trinajstić information content (AvgIpc) is 2.89. The molecule has 2 aromatic rings. The summed E-state index contributed by atoms with van der Waals surface area (Å²) in [5.41, 5.74) is 2.17. The van der Waals surface area contributed by atoms with Gasteiger partial charge in [0.2, 0.25) is 5.91 Å². The highest BCUT2D eigenvalue weighted by atomic mass is 32.1. The van der Waals surface area contributed by atoms with Crippen molar-refractivity contribution in [1.29, 1.82) is 0 Å². The molecule has 0 aliphatic carbocycles. The minimum atomic E-state index is -1.02. The third kappa shape index (κ3) is 4.39. The number of amides is 1. The zero-order chi connectivity index (χ0) is 17.2. The van der Waals surface area contributed by atoms with Crippen molar-refractivity contribution in [2.75, 3.05) is 5.32 Å². The smallest absolute Gasteiger partial charge is 0.335 e. The van der Waals surface area contributed by atoms with Gasteiger partial charge in [-0.25, -0.2) is 9.78 Å². The summed E-state index contributed by atoms with van der Waals surface area (Å²) in [6.07, 6.45) is 0.170. The Balaban J connectivity index is 2.09. The Labute approximate surface area is 139 Å². The van der Waals surface area contributed by atoms with Crippen molar-refractivity contribution in [1.82, 2.24) is 4.98 Å². The SMILES string of the molecule is Cc1ccc(C(=O)O)cc1NC(=O)Cc1csc(C(C)(C)C)n1. The fourth-order valence-corrected chi connectivity index (χ4v) is 2.89. The average molecular weight is 332 g/mol.